The van der Waals surface area contributed by atoms with Gasteiger partial charge in [0.15, 0.2) is 11.2 Å². The smallest absolute Gasteiger partial charge is 0.245 e. The number of fused-ring (bicyclic) bond motifs is 1. The lowest BCUT2D eigenvalue weighted by Crippen LogP contribution is -2.07. The molecule has 1 aliphatic rings. The Hall–Kier alpha value is -1.36. The van der Waals surface area contributed by atoms with Crippen molar-refractivity contribution in [3.05, 3.63) is 12.2 Å². The lowest BCUT2D eigenvalue weighted by atomic mass is 10.2. The molecule has 0 bridgehead atoms. The lowest BCUT2D eigenvalue weighted by Gasteiger charge is -2.09. The van der Waals surface area contributed by atoms with E-state index in [1.54, 1.807) is 7.11 Å². The van der Waals surface area contributed by atoms with Gasteiger partial charge in [0.1, 0.15) is 12.2 Å². The van der Waals surface area contributed by atoms with Crippen LogP contribution in [-0.4, -0.2) is 32.5 Å². The van der Waals surface area contributed by atoms with E-state index in [0.717, 1.165) is 29.8 Å². The van der Waals surface area contributed by atoms with E-state index >= 15 is 0 Å². The molecule has 1 fully saturated rings. The molecular weight excluding hydrogens is 264 g/mol. The van der Waals surface area contributed by atoms with E-state index in [1.807, 2.05) is 0 Å². The Morgan fingerprint density at radius 2 is 2.21 bits per heavy atom. The van der Waals surface area contributed by atoms with Crippen LogP contribution in [0.4, 0.5) is 0 Å². The summed E-state index contributed by atoms with van der Waals surface area (Å²) in [5.74, 6) is 2.05. The first-order valence-electron chi connectivity index (χ1n) is 6.40. The summed E-state index contributed by atoms with van der Waals surface area (Å²) in [5.41, 5.74) is 1.88. The van der Waals surface area contributed by atoms with Gasteiger partial charge in [-0.1, -0.05) is 13.8 Å². The van der Waals surface area contributed by atoms with Gasteiger partial charge in [0, 0.05) is 18.3 Å². The summed E-state index contributed by atoms with van der Waals surface area (Å²) in [6.45, 7) is 4.51. The molecule has 102 valence electrons. The van der Waals surface area contributed by atoms with E-state index < -0.39 is 0 Å². The molecule has 0 N–H and O–H groups in total. The number of imidazole rings is 1. The van der Waals surface area contributed by atoms with Crippen molar-refractivity contribution in [2.45, 2.75) is 32.7 Å². The standard InChI is InChI=1S/C13H17ClN4O/c1-13(2)6-8(13)18-9(4-5-14)17-10-11(18)15-7-16-12(10)19-3/h7-8H,4-6H2,1-3H3. The van der Waals surface area contributed by atoms with Gasteiger partial charge in [-0.2, -0.15) is 4.98 Å². The van der Waals surface area contributed by atoms with Crippen LogP contribution in [0.15, 0.2) is 6.33 Å². The number of alkyl halides is 1. The topological polar surface area (TPSA) is 52.8 Å². The zero-order valence-electron chi connectivity index (χ0n) is 11.4. The van der Waals surface area contributed by atoms with Crippen molar-refractivity contribution in [3.8, 4) is 5.88 Å². The third-order valence-corrected chi connectivity index (χ3v) is 3.99. The monoisotopic (exact) mass is 280 g/mol. The second-order valence-corrected chi connectivity index (χ2v) is 5.98. The second kappa shape index (κ2) is 4.34. The van der Waals surface area contributed by atoms with Crippen LogP contribution in [0.1, 0.15) is 32.1 Å². The van der Waals surface area contributed by atoms with Gasteiger partial charge < -0.3 is 9.30 Å². The molecule has 6 heteroatoms. The maximum atomic E-state index is 5.88. The first-order chi connectivity index (χ1) is 9.08. The van der Waals surface area contributed by atoms with Crippen molar-refractivity contribution in [2.24, 2.45) is 5.41 Å². The number of nitrogens with zero attached hydrogens (tertiary/aromatic N) is 4. The summed E-state index contributed by atoms with van der Waals surface area (Å²) in [7, 11) is 1.60. The molecular formula is C13H17ClN4O. The first kappa shape index (κ1) is 12.7. The van der Waals surface area contributed by atoms with Gasteiger partial charge in [0.2, 0.25) is 5.88 Å². The molecule has 2 heterocycles. The molecule has 0 spiro atoms. The Morgan fingerprint density at radius 1 is 1.47 bits per heavy atom. The number of halogens is 1. The molecule has 19 heavy (non-hydrogen) atoms. The van der Waals surface area contributed by atoms with Crippen LogP contribution in [0.5, 0.6) is 5.88 Å². The fourth-order valence-corrected chi connectivity index (χ4v) is 2.72. The molecule has 0 amide bonds. The minimum Gasteiger partial charge on any atom is -0.479 e. The van der Waals surface area contributed by atoms with Gasteiger partial charge in [-0.05, 0) is 11.8 Å². The number of hydrogen-bond donors (Lipinski definition) is 0. The Kier molecular flexibility index (Phi) is 2.89. The van der Waals surface area contributed by atoms with Crippen LogP contribution in [0, 0.1) is 5.41 Å². The van der Waals surface area contributed by atoms with Gasteiger partial charge in [0.25, 0.3) is 0 Å². The van der Waals surface area contributed by atoms with Crippen LogP contribution in [0.2, 0.25) is 0 Å². The number of aromatic nitrogens is 4. The van der Waals surface area contributed by atoms with E-state index in [9.17, 15) is 0 Å². The summed E-state index contributed by atoms with van der Waals surface area (Å²) in [4.78, 5) is 13.1. The van der Waals surface area contributed by atoms with E-state index in [2.05, 4.69) is 33.4 Å². The van der Waals surface area contributed by atoms with Crippen molar-refractivity contribution in [2.75, 3.05) is 13.0 Å². The average Bonchev–Trinajstić information content (AvgIpc) is 2.84. The quantitative estimate of drug-likeness (QED) is 0.808. The minimum absolute atomic E-state index is 0.298. The highest BCUT2D eigenvalue weighted by Gasteiger charge is 2.48. The van der Waals surface area contributed by atoms with Crippen LogP contribution < -0.4 is 4.74 Å². The van der Waals surface area contributed by atoms with E-state index in [1.165, 1.54) is 6.33 Å². The fraction of sp³-hybridized carbons (Fsp3) is 0.615. The highest BCUT2D eigenvalue weighted by Crippen LogP contribution is 2.56. The number of ether oxygens (including phenoxy) is 1. The van der Waals surface area contributed by atoms with Gasteiger partial charge in [0.05, 0.1) is 7.11 Å². The fourth-order valence-electron chi connectivity index (χ4n) is 2.55. The third kappa shape index (κ3) is 1.96. The molecule has 3 rings (SSSR count). The Labute approximate surface area is 117 Å². The van der Waals surface area contributed by atoms with Crippen LogP contribution >= 0.6 is 11.6 Å². The summed E-state index contributed by atoms with van der Waals surface area (Å²) >= 11 is 5.88. The molecule has 1 aliphatic carbocycles. The Morgan fingerprint density at radius 3 is 2.79 bits per heavy atom. The summed E-state index contributed by atoms with van der Waals surface area (Å²) < 4.78 is 7.48. The molecule has 1 saturated carbocycles. The summed E-state index contributed by atoms with van der Waals surface area (Å²) in [6, 6.07) is 0.440. The SMILES string of the molecule is COc1ncnc2c1nc(CCCl)n2C1CC1(C)C. The van der Waals surface area contributed by atoms with E-state index in [-0.39, 0.29) is 0 Å². The minimum atomic E-state index is 0.298. The number of methoxy groups -OCH3 is 1. The maximum Gasteiger partial charge on any atom is 0.245 e. The highest BCUT2D eigenvalue weighted by molar-refractivity contribution is 6.17. The van der Waals surface area contributed by atoms with Gasteiger partial charge >= 0.3 is 0 Å². The van der Waals surface area contributed by atoms with Crippen LogP contribution in [-0.2, 0) is 6.42 Å². The molecule has 1 unspecified atom stereocenters. The van der Waals surface area contributed by atoms with Crippen molar-refractivity contribution >= 4 is 22.8 Å². The molecule has 2 aromatic rings. The molecule has 0 radical (unpaired) electrons. The zero-order chi connectivity index (χ0) is 13.6. The van der Waals surface area contributed by atoms with Crippen molar-refractivity contribution < 1.29 is 4.74 Å². The highest BCUT2D eigenvalue weighted by atomic mass is 35.5. The number of aryl methyl sites for hydroxylation is 1. The van der Waals surface area contributed by atoms with Gasteiger partial charge in [-0.3, -0.25) is 0 Å². The number of rotatable bonds is 4. The predicted octanol–water partition coefficient (Wildman–Crippen LogP) is 2.59. The predicted molar refractivity (Wildman–Crippen MR) is 73.7 cm³/mol. The maximum absolute atomic E-state index is 5.88. The van der Waals surface area contributed by atoms with Crippen molar-refractivity contribution in [3.63, 3.8) is 0 Å². The summed E-state index contributed by atoms with van der Waals surface area (Å²) in [6.07, 6.45) is 3.40. The van der Waals surface area contributed by atoms with E-state index in [0.29, 0.717) is 23.2 Å². The van der Waals surface area contributed by atoms with Gasteiger partial charge in [-0.25, -0.2) is 9.97 Å². The molecule has 1 atom stereocenters. The Balaban J connectivity index is 2.19. The molecule has 0 aromatic carbocycles. The third-order valence-electron chi connectivity index (χ3n) is 3.80. The van der Waals surface area contributed by atoms with E-state index in [4.69, 9.17) is 16.3 Å². The van der Waals surface area contributed by atoms with Gasteiger partial charge in [-0.15, -0.1) is 11.6 Å². The summed E-state index contributed by atoms with van der Waals surface area (Å²) in [5, 5.41) is 0. The Bertz CT molecular complexity index is 622. The molecule has 0 aliphatic heterocycles. The van der Waals surface area contributed by atoms with Crippen molar-refractivity contribution in [1.29, 1.82) is 0 Å². The van der Waals surface area contributed by atoms with Crippen LogP contribution in [0.3, 0.4) is 0 Å². The first-order valence-corrected chi connectivity index (χ1v) is 6.93. The molecule has 2 aromatic heterocycles. The zero-order valence-corrected chi connectivity index (χ0v) is 12.1. The number of hydrogen-bond acceptors (Lipinski definition) is 4. The molecule has 5 nitrogen and oxygen atoms in total. The average molecular weight is 281 g/mol. The molecule has 0 saturated heterocycles. The lowest BCUT2D eigenvalue weighted by molar-refractivity contribution is 0.401. The van der Waals surface area contributed by atoms with Crippen molar-refractivity contribution in [1.82, 2.24) is 19.5 Å². The largest absolute Gasteiger partial charge is 0.479 e. The normalized spacial score (nSPS) is 20.7. The van der Waals surface area contributed by atoms with Crippen LogP contribution in [0.25, 0.3) is 11.2 Å². The second-order valence-electron chi connectivity index (χ2n) is 5.60.